The van der Waals surface area contributed by atoms with Gasteiger partial charge >= 0.3 is 0 Å². The summed E-state index contributed by atoms with van der Waals surface area (Å²) < 4.78 is 5.17. The molecule has 1 aromatic carbocycles. The summed E-state index contributed by atoms with van der Waals surface area (Å²) in [4.78, 5) is 7.04. The number of fused-ring (bicyclic) bond motifs is 1. The SMILES string of the molecule is COCCN(Cc1cc(N)c2ccccc2n1)C(C)C. The number of benzene rings is 1. The van der Waals surface area contributed by atoms with Gasteiger partial charge in [-0.2, -0.15) is 0 Å². The molecule has 20 heavy (non-hydrogen) atoms. The monoisotopic (exact) mass is 273 g/mol. The Morgan fingerprint density at radius 3 is 2.75 bits per heavy atom. The van der Waals surface area contributed by atoms with E-state index in [9.17, 15) is 0 Å². The van der Waals surface area contributed by atoms with E-state index in [1.54, 1.807) is 7.11 Å². The Labute approximate surface area is 120 Å². The molecule has 0 aliphatic heterocycles. The van der Waals surface area contributed by atoms with Gasteiger partial charge in [0.15, 0.2) is 0 Å². The van der Waals surface area contributed by atoms with Crippen molar-refractivity contribution in [2.45, 2.75) is 26.4 Å². The molecule has 0 aliphatic carbocycles. The van der Waals surface area contributed by atoms with Crippen molar-refractivity contribution < 1.29 is 4.74 Å². The van der Waals surface area contributed by atoms with Crippen LogP contribution in [0.5, 0.6) is 0 Å². The lowest BCUT2D eigenvalue weighted by Crippen LogP contribution is -2.33. The summed E-state index contributed by atoms with van der Waals surface area (Å²) in [5, 5.41) is 1.02. The number of nitrogens with zero attached hydrogens (tertiary/aromatic N) is 2. The van der Waals surface area contributed by atoms with Gasteiger partial charge in [-0.25, -0.2) is 0 Å². The fourth-order valence-electron chi connectivity index (χ4n) is 2.28. The second-order valence-electron chi connectivity index (χ2n) is 5.28. The van der Waals surface area contributed by atoms with Gasteiger partial charge in [-0.1, -0.05) is 18.2 Å². The lowest BCUT2D eigenvalue weighted by molar-refractivity contribution is 0.124. The molecule has 0 aliphatic rings. The third-order valence-electron chi connectivity index (χ3n) is 3.48. The third-order valence-corrected chi connectivity index (χ3v) is 3.48. The molecule has 2 aromatic rings. The van der Waals surface area contributed by atoms with Crippen LogP contribution in [-0.2, 0) is 11.3 Å². The van der Waals surface area contributed by atoms with E-state index in [1.165, 1.54) is 0 Å². The number of nitrogen functional groups attached to an aromatic ring is 1. The Bertz CT molecular complexity index is 569. The average molecular weight is 273 g/mol. The van der Waals surface area contributed by atoms with Gasteiger partial charge < -0.3 is 10.5 Å². The predicted octanol–water partition coefficient (Wildman–Crippen LogP) is 2.67. The lowest BCUT2D eigenvalue weighted by atomic mass is 10.1. The maximum absolute atomic E-state index is 6.13. The molecule has 0 saturated carbocycles. The second-order valence-corrected chi connectivity index (χ2v) is 5.28. The van der Waals surface area contributed by atoms with Crippen LogP contribution in [0.3, 0.4) is 0 Å². The molecule has 0 unspecified atom stereocenters. The highest BCUT2D eigenvalue weighted by atomic mass is 16.5. The summed E-state index contributed by atoms with van der Waals surface area (Å²) in [5.74, 6) is 0. The molecule has 0 spiro atoms. The fraction of sp³-hybridized carbons (Fsp3) is 0.438. The fourth-order valence-corrected chi connectivity index (χ4v) is 2.28. The Balaban J connectivity index is 2.23. The molecule has 108 valence electrons. The number of nitrogens with two attached hydrogens (primary N) is 1. The lowest BCUT2D eigenvalue weighted by Gasteiger charge is -2.26. The molecule has 0 atom stereocenters. The molecule has 2 N–H and O–H groups in total. The van der Waals surface area contributed by atoms with Crippen LogP contribution >= 0.6 is 0 Å². The number of anilines is 1. The number of ether oxygens (including phenoxy) is 1. The highest BCUT2D eigenvalue weighted by Gasteiger charge is 2.12. The van der Waals surface area contributed by atoms with E-state index >= 15 is 0 Å². The highest BCUT2D eigenvalue weighted by Crippen LogP contribution is 2.21. The van der Waals surface area contributed by atoms with Crippen LogP contribution in [0.25, 0.3) is 10.9 Å². The van der Waals surface area contributed by atoms with Crippen LogP contribution in [0.4, 0.5) is 5.69 Å². The van der Waals surface area contributed by atoms with Crippen LogP contribution in [0, 0.1) is 0 Å². The van der Waals surface area contributed by atoms with Crippen LogP contribution in [0.1, 0.15) is 19.5 Å². The molecular formula is C16H23N3O. The smallest absolute Gasteiger partial charge is 0.0726 e. The summed E-state index contributed by atoms with van der Waals surface area (Å²) in [7, 11) is 1.73. The highest BCUT2D eigenvalue weighted by molar-refractivity contribution is 5.90. The van der Waals surface area contributed by atoms with Gasteiger partial charge in [-0.05, 0) is 26.0 Å². The summed E-state index contributed by atoms with van der Waals surface area (Å²) in [6.07, 6.45) is 0. The Morgan fingerprint density at radius 1 is 1.30 bits per heavy atom. The van der Waals surface area contributed by atoms with Crippen LogP contribution < -0.4 is 5.73 Å². The average Bonchev–Trinajstić information content (AvgIpc) is 2.43. The summed E-state index contributed by atoms with van der Waals surface area (Å²) in [6, 6.07) is 10.4. The van der Waals surface area contributed by atoms with Crippen LogP contribution in [0.2, 0.25) is 0 Å². The Hall–Kier alpha value is -1.65. The molecule has 1 aromatic heterocycles. The van der Waals surface area contributed by atoms with Crippen LogP contribution in [0.15, 0.2) is 30.3 Å². The van der Waals surface area contributed by atoms with Crippen molar-refractivity contribution in [2.75, 3.05) is 26.0 Å². The predicted molar refractivity (Wildman–Crippen MR) is 83.6 cm³/mol. The molecule has 4 heteroatoms. The molecule has 0 amide bonds. The largest absolute Gasteiger partial charge is 0.398 e. The van der Waals surface area contributed by atoms with Crippen molar-refractivity contribution in [3.63, 3.8) is 0 Å². The van der Waals surface area contributed by atoms with E-state index in [4.69, 9.17) is 15.5 Å². The molecule has 0 saturated heterocycles. The molecule has 0 bridgehead atoms. The molecule has 2 rings (SSSR count). The summed E-state index contributed by atoms with van der Waals surface area (Å²) >= 11 is 0. The number of para-hydroxylation sites is 1. The zero-order chi connectivity index (χ0) is 14.5. The van der Waals surface area contributed by atoms with E-state index in [0.29, 0.717) is 6.04 Å². The van der Waals surface area contributed by atoms with Crippen molar-refractivity contribution in [1.82, 2.24) is 9.88 Å². The first-order valence-electron chi connectivity index (χ1n) is 6.99. The normalized spacial score (nSPS) is 11.7. The van der Waals surface area contributed by atoms with Gasteiger partial charge in [0, 0.05) is 37.3 Å². The van der Waals surface area contributed by atoms with E-state index in [1.807, 2.05) is 30.3 Å². The van der Waals surface area contributed by atoms with Crippen molar-refractivity contribution >= 4 is 16.6 Å². The molecular weight excluding hydrogens is 250 g/mol. The number of hydrogen-bond acceptors (Lipinski definition) is 4. The van der Waals surface area contributed by atoms with Gasteiger partial charge in [0.25, 0.3) is 0 Å². The summed E-state index contributed by atoms with van der Waals surface area (Å²) in [5.41, 5.74) is 8.88. The van der Waals surface area contributed by atoms with Gasteiger partial charge in [-0.3, -0.25) is 9.88 Å². The number of aromatic nitrogens is 1. The molecule has 0 fully saturated rings. The second kappa shape index (κ2) is 6.68. The topological polar surface area (TPSA) is 51.4 Å². The van der Waals surface area contributed by atoms with Gasteiger partial charge in [0.05, 0.1) is 17.8 Å². The van der Waals surface area contributed by atoms with Crippen molar-refractivity contribution in [3.05, 3.63) is 36.0 Å². The van der Waals surface area contributed by atoms with Gasteiger partial charge in [0.2, 0.25) is 0 Å². The molecule has 0 radical (unpaired) electrons. The van der Waals surface area contributed by atoms with E-state index in [-0.39, 0.29) is 0 Å². The minimum atomic E-state index is 0.444. The third kappa shape index (κ3) is 3.46. The maximum Gasteiger partial charge on any atom is 0.0726 e. The summed E-state index contributed by atoms with van der Waals surface area (Å²) in [6.45, 7) is 6.76. The molecule has 1 heterocycles. The van der Waals surface area contributed by atoms with Crippen molar-refractivity contribution in [1.29, 1.82) is 0 Å². The number of rotatable bonds is 6. The van der Waals surface area contributed by atoms with E-state index < -0.39 is 0 Å². The number of hydrogen-bond donors (Lipinski definition) is 1. The zero-order valence-electron chi connectivity index (χ0n) is 12.5. The quantitative estimate of drug-likeness (QED) is 0.879. The van der Waals surface area contributed by atoms with Gasteiger partial charge in [0.1, 0.15) is 0 Å². The van der Waals surface area contributed by atoms with Crippen LogP contribution in [-0.4, -0.2) is 36.2 Å². The Kier molecular flexibility index (Phi) is 4.93. The standard InChI is InChI=1S/C16H23N3O/c1-12(2)19(8-9-20-3)11-13-10-15(17)14-6-4-5-7-16(14)18-13/h4-7,10,12H,8-9,11H2,1-3H3,(H2,17,18). The molecule has 4 nitrogen and oxygen atoms in total. The first-order chi connectivity index (χ1) is 9.61. The van der Waals surface area contributed by atoms with E-state index in [0.717, 1.165) is 42.0 Å². The first-order valence-corrected chi connectivity index (χ1v) is 6.99. The van der Waals surface area contributed by atoms with Gasteiger partial charge in [-0.15, -0.1) is 0 Å². The van der Waals surface area contributed by atoms with Crippen molar-refractivity contribution in [2.24, 2.45) is 0 Å². The van der Waals surface area contributed by atoms with E-state index in [2.05, 4.69) is 18.7 Å². The minimum Gasteiger partial charge on any atom is -0.398 e. The Morgan fingerprint density at radius 2 is 2.05 bits per heavy atom. The number of methoxy groups -OCH3 is 1. The number of pyridine rings is 1. The first kappa shape index (κ1) is 14.8. The zero-order valence-corrected chi connectivity index (χ0v) is 12.5. The van der Waals surface area contributed by atoms with Crippen molar-refractivity contribution in [3.8, 4) is 0 Å². The minimum absolute atomic E-state index is 0.444. The maximum atomic E-state index is 6.13.